The van der Waals surface area contributed by atoms with Crippen molar-refractivity contribution < 1.29 is 24.2 Å². The second-order valence-electron chi connectivity index (χ2n) is 7.18. The molecule has 0 saturated heterocycles. The molecule has 0 unspecified atom stereocenters. The van der Waals surface area contributed by atoms with Crippen LogP contribution >= 0.6 is 0 Å². The van der Waals surface area contributed by atoms with Gasteiger partial charge in [-0.25, -0.2) is 4.79 Å². The molecule has 30 heavy (non-hydrogen) atoms. The van der Waals surface area contributed by atoms with Gasteiger partial charge in [0.05, 0.1) is 11.1 Å². The van der Waals surface area contributed by atoms with Crippen LogP contribution < -0.4 is 0 Å². The molecule has 0 bridgehead atoms. The standard InChI is InChI=1S/C21H18N4O5/c1-10(2)21(29)30-9-12-5-11(3)18(26)17(6-12)25-22-15-7-13-14(8-16(15)23-25)20(28)24(4)19(13)27/h5-8,26H,1,9H2,2-4H3. The van der Waals surface area contributed by atoms with E-state index in [2.05, 4.69) is 16.8 Å². The monoisotopic (exact) mass is 406 g/mol. The highest BCUT2D eigenvalue weighted by Gasteiger charge is 2.33. The fraction of sp³-hybridized carbons (Fsp3) is 0.190. The van der Waals surface area contributed by atoms with Gasteiger partial charge in [-0.05, 0) is 49.2 Å². The molecule has 0 spiro atoms. The lowest BCUT2D eigenvalue weighted by molar-refractivity contribution is -0.140. The number of aromatic hydroxyl groups is 1. The summed E-state index contributed by atoms with van der Waals surface area (Å²) in [7, 11) is 1.42. The number of carbonyl (C=O) groups excluding carboxylic acids is 3. The summed E-state index contributed by atoms with van der Waals surface area (Å²) >= 11 is 0. The van der Waals surface area contributed by atoms with Crippen molar-refractivity contribution >= 4 is 28.8 Å². The molecule has 0 aliphatic carbocycles. The number of nitrogens with zero attached hydrogens (tertiary/aromatic N) is 4. The van der Waals surface area contributed by atoms with Gasteiger partial charge in [-0.3, -0.25) is 14.5 Å². The van der Waals surface area contributed by atoms with E-state index >= 15 is 0 Å². The number of phenols is 1. The molecule has 9 heteroatoms. The molecule has 0 atom stereocenters. The van der Waals surface area contributed by atoms with Crippen molar-refractivity contribution in [3.05, 3.63) is 58.7 Å². The summed E-state index contributed by atoms with van der Waals surface area (Å²) in [6, 6.07) is 6.32. The Bertz CT molecular complexity index is 1220. The average Bonchev–Trinajstić information content (AvgIpc) is 3.21. The molecule has 4 rings (SSSR count). The minimum Gasteiger partial charge on any atom is -0.505 e. The van der Waals surface area contributed by atoms with Gasteiger partial charge in [0.15, 0.2) is 0 Å². The quantitative estimate of drug-likeness (QED) is 0.402. The highest BCUT2D eigenvalue weighted by atomic mass is 16.5. The van der Waals surface area contributed by atoms with Gasteiger partial charge in [0, 0.05) is 12.6 Å². The van der Waals surface area contributed by atoms with Crippen LogP contribution in [0.4, 0.5) is 0 Å². The van der Waals surface area contributed by atoms with E-state index in [-0.39, 0.29) is 34.7 Å². The molecule has 9 nitrogen and oxygen atoms in total. The van der Waals surface area contributed by atoms with E-state index in [9.17, 15) is 19.5 Å². The van der Waals surface area contributed by atoms with Gasteiger partial charge in [0.1, 0.15) is 29.1 Å². The van der Waals surface area contributed by atoms with E-state index in [4.69, 9.17) is 4.74 Å². The zero-order valence-corrected chi connectivity index (χ0v) is 16.6. The lowest BCUT2D eigenvalue weighted by Crippen LogP contribution is -2.24. The average molecular weight is 406 g/mol. The Morgan fingerprint density at radius 3 is 2.20 bits per heavy atom. The first-order valence-corrected chi connectivity index (χ1v) is 9.06. The molecule has 0 saturated carbocycles. The van der Waals surface area contributed by atoms with E-state index < -0.39 is 17.8 Å². The molecule has 1 aromatic heterocycles. The number of esters is 1. The zero-order chi connectivity index (χ0) is 21.7. The van der Waals surface area contributed by atoms with Crippen LogP contribution in [0.15, 0.2) is 36.4 Å². The summed E-state index contributed by atoms with van der Waals surface area (Å²) in [6.07, 6.45) is 0. The number of imide groups is 1. The van der Waals surface area contributed by atoms with Crippen LogP contribution in [0.5, 0.6) is 5.75 Å². The van der Waals surface area contributed by atoms with Crippen LogP contribution in [0.2, 0.25) is 0 Å². The Balaban J connectivity index is 1.75. The van der Waals surface area contributed by atoms with Crippen LogP contribution in [0.3, 0.4) is 0 Å². The van der Waals surface area contributed by atoms with Crippen LogP contribution in [0, 0.1) is 6.92 Å². The highest BCUT2D eigenvalue weighted by Crippen LogP contribution is 2.30. The third-order valence-electron chi connectivity index (χ3n) is 4.86. The second-order valence-corrected chi connectivity index (χ2v) is 7.18. The van der Waals surface area contributed by atoms with Crippen molar-refractivity contribution in [2.24, 2.45) is 0 Å². The molecule has 152 valence electrons. The van der Waals surface area contributed by atoms with Crippen LogP contribution in [0.1, 0.15) is 38.8 Å². The maximum atomic E-state index is 12.2. The summed E-state index contributed by atoms with van der Waals surface area (Å²) < 4.78 is 5.17. The number of ether oxygens (including phenoxy) is 1. The van der Waals surface area contributed by atoms with Crippen molar-refractivity contribution in [1.29, 1.82) is 0 Å². The molecule has 2 aromatic carbocycles. The Kier molecular flexibility index (Phi) is 4.38. The Morgan fingerprint density at radius 1 is 1.10 bits per heavy atom. The summed E-state index contributed by atoms with van der Waals surface area (Å²) in [6.45, 7) is 6.79. The number of aryl methyl sites for hydroxylation is 1. The molecule has 2 amide bonds. The molecule has 2 heterocycles. The lowest BCUT2D eigenvalue weighted by Gasteiger charge is -2.10. The number of carbonyl (C=O) groups is 3. The fourth-order valence-corrected chi connectivity index (χ4v) is 3.22. The van der Waals surface area contributed by atoms with Gasteiger partial charge >= 0.3 is 5.97 Å². The summed E-state index contributed by atoms with van der Waals surface area (Å²) in [4.78, 5) is 38.3. The Morgan fingerprint density at radius 2 is 1.67 bits per heavy atom. The predicted molar refractivity (Wildman–Crippen MR) is 106 cm³/mol. The molecule has 1 aliphatic rings. The molecule has 1 N–H and O–H groups in total. The largest absolute Gasteiger partial charge is 0.505 e. The van der Waals surface area contributed by atoms with Crippen LogP contribution in [0.25, 0.3) is 16.7 Å². The molecule has 1 aliphatic heterocycles. The van der Waals surface area contributed by atoms with Gasteiger partial charge in [0.25, 0.3) is 11.8 Å². The Labute approximate surface area is 171 Å². The van der Waals surface area contributed by atoms with Crippen molar-refractivity contribution in [3.8, 4) is 11.4 Å². The predicted octanol–water partition coefficient (Wildman–Crippen LogP) is 2.28. The normalized spacial score (nSPS) is 13.1. The van der Waals surface area contributed by atoms with E-state index in [0.29, 0.717) is 22.2 Å². The van der Waals surface area contributed by atoms with Gasteiger partial charge in [-0.2, -0.15) is 0 Å². The van der Waals surface area contributed by atoms with Gasteiger partial charge in [-0.15, -0.1) is 15.0 Å². The summed E-state index contributed by atoms with van der Waals surface area (Å²) in [5, 5.41) is 19.2. The molecule has 0 radical (unpaired) electrons. The summed E-state index contributed by atoms with van der Waals surface area (Å²) in [5.41, 5.74) is 3.08. The highest BCUT2D eigenvalue weighted by molar-refractivity contribution is 6.22. The minimum absolute atomic E-state index is 0.00969. The Hall–Kier alpha value is -4.01. The SMILES string of the molecule is C=C(C)C(=O)OCc1cc(C)c(O)c(-n2nc3cc4c(cc3n2)C(=O)N(C)C4=O)c1. The lowest BCUT2D eigenvalue weighted by atomic mass is 10.1. The maximum absolute atomic E-state index is 12.2. The van der Waals surface area contributed by atoms with Gasteiger partial charge in [-0.1, -0.05) is 6.58 Å². The first-order valence-electron chi connectivity index (χ1n) is 9.06. The van der Waals surface area contributed by atoms with E-state index in [1.165, 1.54) is 24.0 Å². The number of rotatable bonds is 4. The van der Waals surface area contributed by atoms with E-state index in [0.717, 1.165) is 4.90 Å². The smallest absolute Gasteiger partial charge is 0.333 e. The molecular weight excluding hydrogens is 388 g/mol. The van der Waals surface area contributed by atoms with E-state index in [1.807, 2.05) is 0 Å². The third kappa shape index (κ3) is 3.00. The number of phenolic OH excluding ortho intramolecular Hbond substituents is 1. The topological polar surface area (TPSA) is 115 Å². The van der Waals surface area contributed by atoms with Gasteiger partial charge < -0.3 is 9.84 Å². The molecule has 0 fully saturated rings. The zero-order valence-electron chi connectivity index (χ0n) is 16.6. The van der Waals surface area contributed by atoms with Crippen LogP contribution in [-0.2, 0) is 16.1 Å². The summed E-state index contributed by atoms with van der Waals surface area (Å²) in [5.74, 6) is -1.35. The first-order chi connectivity index (χ1) is 14.2. The van der Waals surface area contributed by atoms with Crippen molar-refractivity contribution in [3.63, 3.8) is 0 Å². The molecular formula is C21H18N4O5. The first kappa shape index (κ1) is 19.3. The van der Waals surface area contributed by atoms with Crippen molar-refractivity contribution in [1.82, 2.24) is 19.9 Å². The maximum Gasteiger partial charge on any atom is 0.333 e. The fourth-order valence-electron chi connectivity index (χ4n) is 3.22. The van der Waals surface area contributed by atoms with Crippen molar-refractivity contribution in [2.45, 2.75) is 20.5 Å². The van der Waals surface area contributed by atoms with E-state index in [1.54, 1.807) is 26.0 Å². The third-order valence-corrected chi connectivity index (χ3v) is 4.86. The number of hydrogen-bond acceptors (Lipinski definition) is 7. The molecule has 3 aromatic rings. The van der Waals surface area contributed by atoms with Gasteiger partial charge in [0.2, 0.25) is 0 Å². The second kappa shape index (κ2) is 6.80. The minimum atomic E-state index is -0.515. The van der Waals surface area contributed by atoms with Crippen LogP contribution in [-0.4, -0.2) is 49.8 Å². The number of benzene rings is 2. The number of fused-ring (bicyclic) bond motifs is 2. The van der Waals surface area contributed by atoms with Crippen molar-refractivity contribution in [2.75, 3.05) is 7.05 Å². The number of aromatic nitrogens is 3. The number of hydrogen-bond donors (Lipinski definition) is 1. The number of amides is 2.